The number of carbonyl (C=O) groups excluding carboxylic acids is 1. The van der Waals surface area contributed by atoms with Gasteiger partial charge in [0.15, 0.2) is 0 Å². The van der Waals surface area contributed by atoms with E-state index in [0.717, 1.165) is 0 Å². The standard InChI is InChI=1S/C6H10O3/c1-4-3-5(7)9-6(4,2)8/h4,8H,3H2,1-2H3/t4-,6+/m0/s1. The summed E-state index contributed by atoms with van der Waals surface area (Å²) in [6.45, 7) is 3.29. The Morgan fingerprint density at radius 3 is 2.56 bits per heavy atom. The summed E-state index contributed by atoms with van der Waals surface area (Å²) < 4.78 is 4.58. The van der Waals surface area contributed by atoms with Crippen molar-refractivity contribution in [2.45, 2.75) is 26.1 Å². The molecule has 0 aliphatic carbocycles. The molecule has 1 fully saturated rings. The summed E-state index contributed by atoms with van der Waals surface area (Å²) in [4.78, 5) is 10.5. The summed E-state index contributed by atoms with van der Waals surface area (Å²) in [5.41, 5.74) is 0. The molecule has 9 heavy (non-hydrogen) atoms. The zero-order chi connectivity index (χ0) is 7.07. The van der Waals surface area contributed by atoms with Crippen LogP contribution in [0.4, 0.5) is 0 Å². The van der Waals surface area contributed by atoms with Crippen molar-refractivity contribution in [1.29, 1.82) is 0 Å². The van der Waals surface area contributed by atoms with E-state index in [0.29, 0.717) is 6.42 Å². The molecule has 0 aromatic rings. The van der Waals surface area contributed by atoms with Gasteiger partial charge < -0.3 is 9.84 Å². The summed E-state index contributed by atoms with van der Waals surface area (Å²) in [7, 11) is 0. The predicted octanol–water partition coefficient (Wildman–Crippen LogP) is 0.278. The van der Waals surface area contributed by atoms with Crippen LogP contribution < -0.4 is 0 Å². The lowest BCUT2D eigenvalue weighted by atomic mass is 10.0. The van der Waals surface area contributed by atoms with Crippen molar-refractivity contribution < 1.29 is 14.6 Å². The molecule has 0 radical (unpaired) electrons. The van der Waals surface area contributed by atoms with E-state index in [2.05, 4.69) is 4.74 Å². The molecule has 3 nitrogen and oxygen atoms in total. The van der Waals surface area contributed by atoms with Gasteiger partial charge in [-0.3, -0.25) is 4.79 Å². The minimum absolute atomic E-state index is 0.0787. The second kappa shape index (κ2) is 1.70. The van der Waals surface area contributed by atoms with Gasteiger partial charge in [-0.25, -0.2) is 0 Å². The SMILES string of the molecule is C[C@H]1CC(=O)O[C@@]1(C)O. The number of rotatable bonds is 0. The van der Waals surface area contributed by atoms with Crippen LogP contribution >= 0.6 is 0 Å². The summed E-state index contributed by atoms with van der Waals surface area (Å²) >= 11 is 0. The Hall–Kier alpha value is -0.570. The van der Waals surface area contributed by atoms with E-state index < -0.39 is 5.79 Å². The highest BCUT2D eigenvalue weighted by Crippen LogP contribution is 2.29. The Balaban J connectivity index is 2.69. The van der Waals surface area contributed by atoms with Gasteiger partial charge in [-0.2, -0.15) is 0 Å². The van der Waals surface area contributed by atoms with Gasteiger partial charge in [-0.15, -0.1) is 0 Å². The van der Waals surface area contributed by atoms with Crippen molar-refractivity contribution in [2.75, 3.05) is 0 Å². The lowest BCUT2D eigenvalue weighted by Crippen LogP contribution is -2.29. The first-order valence-electron chi connectivity index (χ1n) is 2.96. The molecule has 0 aromatic carbocycles. The van der Waals surface area contributed by atoms with E-state index in [-0.39, 0.29) is 11.9 Å². The van der Waals surface area contributed by atoms with Crippen molar-refractivity contribution in [1.82, 2.24) is 0 Å². The number of aliphatic hydroxyl groups is 1. The van der Waals surface area contributed by atoms with Gasteiger partial charge in [-0.05, 0) is 0 Å². The molecule has 1 N–H and O–H groups in total. The zero-order valence-electron chi connectivity index (χ0n) is 5.55. The molecule has 1 aliphatic rings. The van der Waals surface area contributed by atoms with Gasteiger partial charge in [-0.1, -0.05) is 6.92 Å². The molecule has 0 spiro atoms. The Kier molecular flexibility index (Phi) is 1.24. The van der Waals surface area contributed by atoms with Gasteiger partial charge in [0.2, 0.25) is 5.79 Å². The molecule has 0 amide bonds. The molecular formula is C6H10O3. The molecule has 1 rings (SSSR count). The third-order valence-corrected chi connectivity index (χ3v) is 1.71. The maximum atomic E-state index is 10.5. The fraction of sp³-hybridized carbons (Fsp3) is 0.833. The largest absolute Gasteiger partial charge is 0.433 e. The summed E-state index contributed by atoms with van der Waals surface area (Å²) in [6, 6.07) is 0. The first-order valence-corrected chi connectivity index (χ1v) is 2.96. The van der Waals surface area contributed by atoms with Crippen LogP contribution in [0.25, 0.3) is 0 Å². The van der Waals surface area contributed by atoms with E-state index in [4.69, 9.17) is 0 Å². The molecule has 1 saturated heterocycles. The number of carbonyl (C=O) groups is 1. The van der Waals surface area contributed by atoms with E-state index in [1.165, 1.54) is 6.92 Å². The first kappa shape index (κ1) is 6.55. The number of cyclic esters (lactones) is 1. The van der Waals surface area contributed by atoms with Crippen LogP contribution in [0.1, 0.15) is 20.3 Å². The molecule has 3 heteroatoms. The third-order valence-electron chi connectivity index (χ3n) is 1.71. The zero-order valence-corrected chi connectivity index (χ0v) is 5.55. The predicted molar refractivity (Wildman–Crippen MR) is 30.5 cm³/mol. The van der Waals surface area contributed by atoms with Crippen molar-refractivity contribution >= 4 is 5.97 Å². The first-order chi connectivity index (χ1) is 4.02. The second-order valence-corrected chi connectivity index (χ2v) is 2.63. The van der Waals surface area contributed by atoms with Crippen molar-refractivity contribution in [2.24, 2.45) is 5.92 Å². The Bertz CT molecular complexity index is 139. The molecule has 2 atom stereocenters. The number of hydrogen-bond donors (Lipinski definition) is 1. The van der Waals surface area contributed by atoms with E-state index in [1.807, 2.05) is 0 Å². The van der Waals surface area contributed by atoms with Gasteiger partial charge >= 0.3 is 5.97 Å². The Morgan fingerprint density at radius 1 is 1.89 bits per heavy atom. The molecule has 1 heterocycles. The molecule has 0 bridgehead atoms. The van der Waals surface area contributed by atoms with Gasteiger partial charge in [0.25, 0.3) is 0 Å². The lowest BCUT2D eigenvalue weighted by molar-refractivity contribution is -0.190. The van der Waals surface area contributed by atoms with Gasteiger partial charge in [0.05, 0.1) is 6.42 Å². The van der Waals surface area contributed by atoms with E-state index >= 15 is 0 Å². The van der Waals surface area contributed by atoms with Crippen LogP contribution in [-0.4, -0.2) is 16.9 Å². The topological polar surface area (TPSA) is 46.5 Å². The molecule has 52 valence electrons. The molecular weight excluding hydrogens is 120 g/mol. The molecule has 0 unspecified atom stereocenters. The normalized spacial score (nSPS) is 43.0. The van der Waals surface area contributed by atoms with Crippen molar-refractivity contribution in [3.05, 3.63) is 0 Å². The number of esters is 1. The van der Waals surface area contributed by atoms with E-state index in [9.17, 15) is 9.90 Å². The average molecular weight is 130 g/mol. The smallest absolute Gasteiger partial charge is 0.308 e. The maximum absolute atomic E-state index is 10.5. The fourth-order valence-electron chi connectivity index (χ4n) is 0.812. The monoisotopic (exact) mass is 130 g/mol. The minimum Gasteiger partial charge on any atom is -0.433 e. The fourth-order valence-corrected chi connectivity index (χ4v) is 0.812. The lowest BCUT2D eigenvalue weighted by Gasteiger charge is -2.18. The number of ether oxygens (including phenoxy) is 1. The summed E-state index contributed by atoms with van der Waals surface area (Å²) in [5, 5.41) is 9.19. The van der Waals surface area contributed by atoms with Gasteiger partial charge in [0, 0.05) is 12.8 Å². The molecule has 1 aliphatic heterocycles. The highest BCUT2D eigenvalue weighted by atomic mass is 16.7. The maximum Gasteiger partial charge on any atom is 0.308 e. The van der Waals surface area contributed by atoms with Crippen molar-refractivity contribution in [3.63, 3.8) is 0 Å². The average Bonchev–Trinajstić information content (AvgIpc) is 1.79. The van der Waals surface area contributed by atoms with Crippen LogP contribution in [0.2, 0.25) is 0 Å². The van der Waals surface area contributed by atoms with Crippen LogP contribution in [0.3, 0.4) is 0 Å². The summed E-state index contributed by atoms with van der Waals surface area (Å²) in [6.07, 6.45) is 0.326. The molecule has 0 saturated carbocycles. The van der Waals surface area contributed by atoms with Gasteiger partial charge in [0.1, 0.15) is 0 Å². The van der Waals surface area contributed by atoms with Crippen LogP contribution in [0, 0.1) is 5.92 Å². The highest BCUT2D eigenvalue weighted by Gasteiger charge is 2.40. The van der Waals surface area contributed by atoms with E-state index in [1.54, 1.807) is 6.92 Å². The van der Waals surface area contributed by atoms with Crippen LogP contribution in [0.15, 0.2) is 0 Å². The third kappa shape index (κ3) is 1.05. The summed E-state index contributed by atoms with van der Waals surface area (Å²) in [5.74, 6) is -1.62. The van der Waals surface area contributed by atoms with Crippen LogP contribution in [-0.2, 0) is 9.53 Å². The minimum atomic E-state index is -1.23. The molecule has 0 aromatic heterocycles. The van der Waals surface area contributed by atoms with Crippen LogP contribution in [0.5, 0.6) is 0 Å². The quantitative estimate of drug-likeness (QED) is 0.479. The van der Waals surface area contributed by atoms with Crippen molar-refractivity contribution in [3.8, 4) is 0 Å². The second-order valence-electron chi connectivity index (χ2n) is 2.63. The number of hydrogen-bond acceptors (Lipinski definition) is 3. The Morgan fingerprint density at radius 2 is 2.44 bits per heavy atom. The Labute approximate surface area is 53.6 Å². The highest BCUT2D eigenvalue weighted by molar-refractivity contribution is 5.72.